The smallest absolute Gasteiger partial charge is 0.236 e. The van der Waals surface area contributed by atoms with Crippen LogP contribution in [0.25, 0.3) is 0 Å². The minimum Gasteiger partial charge on any atom is -0.355 e. The first-order valence-corrected chi connectivity index (χ1v) is 8.18. The number of amides is 2. The van der Waals surface area contributed by atoms with Gasteiger partial charge in [0.25, 0.3) is 0 Å². The lowest BCUT2D eigenvalue weighted by molar-refractivity contribution is -0.135. The van der Waals surface area contributed by atoms with E-state index in [2.05, 4.69) is 10.2 Å². The highest BCUT2D eigenvalue weighted by atomic mass is 35.5. The van der Waals surface area contributed by atoms with E-state index in [1.165, 1.54) is 6.42 Å². The van der Waals surface area contributed by atoms with Gasteiger partial charge in [-0.15, -0.1) is 12.4 Å². The van der Waals surface area contributed by atoms with Crippen molar-refractivity contribution in [1.29, 1.82) is 0 Å². The predicted molar refractivity (Wildman–Crippen MR) is 88.9 cm³/mol. The average Bonchev–Trinajstić information content (AvgIpc) is 2.53. The number of nitrogens with one attached hydrogen (secondary N) is 1. The Morgan fingerprint density at radius 3 is 2.50 bits per heavy atom. The van der Waals surface area contributed by atoms with Crippen molar-refractivity contribution in [2.75, 3.05) is 45.8 Å². The molecule has 2 heterocycles. The van der Waals surface area contributed by atoms with Crippen LogP contribution in [-0.4, -0.2) is 67.4 Å². The first-order valence-electron chi connectivity index (χ1n) is 8.18. The van der Waals surface area contributed by atoms with E-state index in [0.717, 1.165) is 45.3 Å². The standard InChI is InChI=1S/C15H28N4O2.ClH/c16-6-7-17-15(21)13-5-4-8-18(11-13)12-14(20)19-9-2-1-3-10-19;/h13H,1-12,16H2,(H,17,21);1H. The second-order valence-electron chi connectivity index (χ2n) is 6.10. The lowest BCUT2D eigenvalue weighted by Gasteiger charge is -2.34. The molecule has 3 N–H and O–H groups in total. The number of carbonyl (C=O) groups is 2. The van der Waals surface area contributed by atoms with Gasteiger partial charge in [-0.3, -0.25) is 14.5 Å². The van der Waals surface area contributed by atoms with Crippen molar-refractivity contribution in [2.45, 2.75) is 32.1 Å². The van der Waals surface area contributed by atoms with E-state index in [1.54, 1.807) is 0 Å². The van der Waals surface area contributed by atoms with Gasteiger partial charge in [0.1, 0.15) is 0 Å². The number of hydrogen-bond acceptors (Lipinski definition) is 4. The summed E-state index contributed by atoms with van der Waals surface area (Å²) >= 11 is 0. The van der Waals surface area contributed by atoms with Crippen LogP contribution in [0.4, 0.5) is 0 Å². The zero-order chi connectivity index (χ0) is 15.1. The van der Waals surface area contributed by atoms with Crippen LogP contribution in [0.15, 0.2) is 0 Å². The quantitative estimate of drug-likeness (QED) is 0.754. The number of nitrogens with zero attached hydrogens (tertiary/aromatic N) is 2. The van der Waals surface area contributed by atoms with E-state index in [1.807, 2.05) is 4.90 Å². The summed E-state index contributed by atoms with van der Waals surface area (Å²) in [7, 11) is 0. The van der Waals surface area contributed by atoms with E-state index in [-0.39, 0.29) is 30.1 Å². The van der Waals surface area contributed by atoms with Crippen molar-refractivity contribution in [2.24, 2.45) is 11.7 Å². The van der Waals surface area contributed by atoms with Crippen molar-refractivity contribution < 1.29 is 9.59 Å². The topological polar surface area (TPSA) is 78.7 Å². The molecule has 0 aromatic rings. The second-order valence-corrected chi connectivity index (χ2v) is 6.10. The Morgan fingerprint density at radius 2 is 1.82 bits per heavy atom. The number of piperidine rings is 2. The third kappa shape index (κ3) is 5.74. The lowest BCUT2D eigenvalue weighted by Crippen LogP contribution is -2.48. The van der Waals surface area contributed by atoms with Crippen molar-refractivity contribution in [3.05, 3.63) is 0 Å². The van der Waals surface area contributed by atoms with Crippen LogP contribution in [0.5, 0.6) is 0 Å². The Balaban J connectivity index is 0.00000242. The summed E-state index contributed by atoms with van der Waals surface area (Å²) < 4.78 is 0. The maximum atomic E-state index is 12.3. The molecule has 2 saturated heterocycles. The lowest BCUT2D eigenvalue weighted by atomic mass is 9.97. The number of rotatable bonds is 5. The first-order chi connectivity index (χ1) is 10.2. The molecule has 128 valence electrons. The Kier molecular flexibility index (Phi) is 8.75. The molecule has 1 unspecified atom stereocenters. The summed E-state index contributed by atoms with van der Waals surface area (Å²) in [5.74, 6) is 0.299. The average molecular weight is 333 g/mol. The van der Waals surface area contributed by atoms with Crippen LogP contribution in [0.1, 0.15) is 32.1 Å². The van der Waals surface area contributed by atoms with Gasteiger partial charge in [0.05, 0.1) is 12.5 Å². The molecule has 2 amide bonds. The van der Waals surface area contributed by atoms with Gasteiger partial charge in [0, 0.05) is 32.7 Å². The molecule has 0 aromatic heterocycles. The molecule has 0 aromatic carbocycles. The van der Waals surface area contributed by atoms with Crippen molar-refractivity contribution in [3.8, 4) is 0 Å². The van der Waals surface area contributed by atoms with E-state index in [4.69, 9.17) is 5.73 Å². The van der Waals surface area contributed by atoms with Crippen molar-refractivity contribution in [3.63, 3.8) is 0 Å². The molecule has 22 heavy (non-hydrogen) atoms. The maximum absolute atomic E-state index is 12.3. The first kappa shape index (κ1) is 19.2. The molecular formula is C15H29ClN4O2. The Labute approximate surface area is 139 Å². The monoisotopic (exact) mass is 332 g/mol. The summed E-state index contributed by atoms with van der Waals surface area (Å²) in [6, 6.07) is 0. The number of hydrogen-bond donors (Lipinski definition) is 2. The second kappa shape index (κ2) is 10.0. The molecule has 0 aliphatic carbocycles. The normalized spacial score (nSPS) is 22.8. The van der Waals surface area contributed by atoms with Gasteiger partial charge in [0.2, 0.25) is 11.8 Å². The highest BCUT2D eigenvalue weighted by molar-refractivity contribution is 5.85. The molecule has 2 aliphatic rings. The molecular weight excluding hydrogens is 304 g/mol. The molecule has 0 saturated carbocycles. The summed E-state index contributed by atoms with van der Waals surface area (Å²) in [5, 5.41) is 2.85. The fourth-order valence-corrected chi connectivity index (χ4v) is 3.19. The zero-order valence-electron chi connectivity index (χ0n) is 13.3. The summed E-state index contributed by atoms with van der Waals surface area (Å²) in [4.78, 5) is 28.4. The van der Waals surface area contributed by atoms with Crippen molar-refractivity contribution >= 4 is 24.2 Å². The van der Waals surface area contributed by atoms with Crippen LogP contribution in [0.2, 0.25) is 0 Å². The molecule has 2 rings (SSSR count). The Morgan fingerprint density at radius 1 is 1.09 bits per heavy atom. The van der Waals surface area contributed by atoms with Crippen molar-refractivity contribution in [1.82, 2.24) is 15.1 Å². The van der Waals surface area contributed by atoms with Crippen LogP contribution in [0, 0.1) is 5.92 Å². The minimum absolute atomic E-state index is 0. The minimum atomic E-state index is -0.000504. The Bertz CT molecular complexity index is 361. The molecule has 0 radical (unpaired) electrons. The van der Waals surface area contributed by atoms with Crippen LogP contribution in [0.3, 0.4) is 0 Å². The maximum Gasteiger partial charge on any atom is 0.236 e. The third-order valence-electron chi connectivity index (χ3n) is 4.39. The number of carbonyl (C=O) groups excluding carboxylic acids is 2. The van der Waals surface area contributed by atoms with Gasteiger partial charge in [-0.2, -0.15) is 0 Å². The fourth-order valence-electron chi connectivity index (χ4n) is 3.19. The van der Waals surface area contributed by atoms with Crippen LogP contribution >= 0.6 is 12.4 Å². The van der Waals surface area contributed by atoms with E-state index < -0.39 is 0 Å². The Hall–Kier alpha value is -0.850. The van der Waals surface area contributed by atoms with Gasteiger partial charge in [0.15, 0.2) is 0 Å². The van der Waals surface area contributed by atoms with Gasteiger partial charge in [-0.05, 0) is 38.6 Å². The highest BCUT2D eigenvalue weighted by Gasteiger charge is 2.27. The molecule has 7 heteroatoms. The zero-order valence-corrected chi connectivity index (χ0v) is 14.1. The third-order valence-corrected chi connectivity index (χ3v) is 4.39. The number of halogens is 1. The highest BCUT2D eigenvalue weighted by Crippen LogP contribution is 2.17. The fraction of sp³-hybridized carbons (Fsp3) is 0.867. The van der Waals surface area contributed by atoms with Crippen LogP contribution < -0.4 is 11.1 Å². The van der Waals surface area contributed by atoms with Gasteiger partial charge in [-0.25, -0.2) is 0 Å². The summed E-state index contributed by atoms with van der Waals surface area (Å²) in [6.07, 6.45) is 5.36. The van der Waals surface area contributed by atoms with Gasteiger partial charge >= 0.3 is 0 Å². The van der Waals surface area contributed by atoms with Crippen LogP contribution in [-0.2, 0) is 9.59 Å². The van der Waals surface area contributed by atoms with E-state index in [9.17, 15) is 9.59 Å². The number of likely N-dealkylation sites (tertiary alicyclic amines) is 2. The molecule has 1 atom stereocenters. The SMILES string of the molecule is Cl.NCCNC(=O)C1CCCN(CC(=O)N2CCCCC2)C1. The predicted octanol–water partition coefficient (Wildman–Crippen LogP) is 0.208. The number of nitrogens with two attached hydrogens (primary N) is 1. The molecule has 6 nitrogen and oxygen atoms in total. The molecule has 0 spiro atoms. The van der Waals surface area contributed by atoms with Gasteiger partial charge < -0.3 is 16.0 Å². The molecule has 2 fully saturated rings. The summed E-state index contributed by atoms with van der Waals surface area (Å²) in [5.41, 5.74) is 5.41. The largest absolute Gasteiger partial charge is 0.355 e. The molecule has 0 bridgehead atoms. The summed E-state index contributed by atoms with van der Waals surface area (Å²) in [6.45, 7) is 4.86. The van der Waals surface area contributed by atoms with Gasteiger partial charge in [-0.1, -0.05) is 0 Å². The van der Waals surface area contributed by atoms with E-state index in [0.29, 0.717) is 26.2 Å². The molecule has 2 aliphatic heterocycles. The van der Waals surface area contributed by atoms with E-state index >= 15 is 0 Å².